The van der Waals surface area contributed by atoms with Crippen molar-refractivity contribution in [2.45, 2.75) is 39.0 Å². The van der Waals surface area contributed by atoms with Gasteiger partial charge in [-0.3, -0.25) is 14.5 Å². The Labute approximate surface area is 201 Å². The maximum atomic E-state index is 13.8. The van der Waals surface area contributed by atoms with Crippen LogP contribution in [0.3, 0.4) is 0 Å². The molecule has 1 atom stereocenters. The van der Waals surface area contributed by atoms with Crippen molar-refractivity contribution in [1.29, 1.82) is 0 Å². The lowest BCUT2D eigenvalue weighted by molar-refractivity contribution is -0.158. The van der Waals surface area contributed by atoms with E-state index in [0.29, 0.717) is 27.8 Å². The fourth-order valence-corrected chi connectivity index (χ4v) is 4.99. The second kappa shape index (κ2) is 8.23. The third kappa shape index (κ3) is 3.36. The average molecular weight is 472 g/mol. The monoisotopic (exact) mass is 472 g/mol. The predicted octanol–water partition coefficient (Wildman–Crippen LogP) is 3.62. The molecule has 178 valence electrons. The molecule has 8 nitrogen and oxygen atoms in total. The third-order valence-electron chi connectivity index (χ3n) is 6.82. The highest BCUT2D eigenvalue weighted by molar-refractivity contribution is 6.15. The van der Waals surface area contributed by atoms with Crippen LogP contribution in [0.5, 0.6) is 0 Å². The van der Waals surface area contributed by atoms with Gasteiger partial charge in [-0.05, 0) is 49.2 Å². The molecule has 1 aromatic heterocycles. The average Bonchev–Trinajstić information content (AvgIpc) is 3.19. The largest absolute Gasteiger partial charge is 0.458 e. The number of rotatable bonds is 5. The quantitative estimate of drug-likeness (QED) is 0.320. The number of nitrogens with zero attached hydrogens (tertiary/aromatic N) is 2. The standard InChI is InChI=1S/C27H24N2O6/c1-4-11-28-25(32)19-7-5-6-8-21(19)29-23(30)9-10-27(28,29)26(33)34-15-18-14-24(31)35-22-13-17(3)16(2)12-20(18)22/h4-8,12-14H,1,9-11,15H2,2-3H3/t27-/m1/s1. The van der Waals surface area contributed by atoms with Crippen molar-refractivity contribution in [2.75, 3.05) is 11.4 Å². The number of anilines is 1. The first-order valence-electron chi connectivity index (χ1n) is 11.3. The third-order valence-corrected chi connectivity index (χ3v) is 6.82. The summed E-state index contributed by atoms with van der Waals surface area (Å²) in [7, 11) is 0. The summed E-state index contributed by atoms with van der Waals surface area (Å²) in [6.07, 6.45) is 1.69. The summed E-state index contributed by atoms with van der Waals surface area (Å²) in [4.78, 5) is 55.1. The number of carbonyl (C=O) groups excluding carboxylic acids is 3. The molecule has 2 amide bonds. The van der Waals surface area contributed by atoms with Crippen LogP contribution < -0.4 is 10.5 Å². The summed E-state index contributed by atoms with van der Waals surface area (Å²) in [6, 6.07) is 11.7. The Morgan fingerprint density at radius 1 is 1.14 bits per heavy atom. The molecule has 0 saturated carbocycles. The Hall–Kier alpha value is -4.20. The molecule has 0 N–H and O–H groups in total. The maximum absolute atomic E-state index is 13.8. The normalized spacial score (nSPS) is 19.0. The van der Waals surface area contributed by atoms with E-state index in [1.165, 1.54) is 21.9 Å². The van der Waals surface area contributed by atoms with Gasteiger partial charge in [-0.1, -0.05) is 18.2 Å². The van der Waals surface area contributed by atoms with Crippen LogP contribution in [0.4, 0.5) is 5.69 Å². The number of esters is 1. The molecule has 3 aromatic rings. The van der Waals surface area contributed by atoms with Crippen LogP contribution in [0, 0.1) is 13.8 Å². The van der Waals surface area contributed by atoms with E-state index in [9.17, 15) is 19.2 Å². The number of aryl methyl sites for hydroxylation is 2. The van der Waals surface area contributed by atoms with Crippen molar-refractivity contribution in [2.24, 2.45) is 0 Å². The number of hydrogen-bond donors (Lipinski definition) is 0. The molecule has 0 bridgehead atoms. The smallest absolute Gasteiger partial charge is 0.354 e. The van der Waals surface area contributed by atoms with Gasteiger partial charge in [0.2, 0.25) is 11.6 Å². The van der Waals surface area contributed by atoms with Crippen LogP contribution in [0.15, 0.2) is 64.3 Å². The number of hydrogen-bond acceptors (Lipinski definition) is 6. The Morgan fingerprint density at radius 3 is 2.66 bits per heavy atom. The molecule has 0 unspecified atom stereocenters. The Morgan fingerprint density at radius 2 is 1.89 bits per heavy atom. The summed E-state index contributed by atoms with van der Waals surface area (Å²) in [6.45, 7) is 7.42. The van der Waals surface area contributed by atoms with Gasteiger partial charge in [0.05, 0.1) is 11.3 Å². The lowest BCUT2D eigenvalue weighted by Crippen LogP contribution is -2.68. The Bertz CT molecular complexity index is 1470. The molecule has 0 radical (unpaired) electrons. The molecule has 35 heavy (non-hydrogen) atoms. The van der Waals surface area contributed by atoms with E-state index in [1.54, 1.807) is 30.3 Å². The molecule has 0 aliphatic carbocycles. The number of amides is 2. The zero-order valence-electron chi connectivity index (χ0n) is 19.5. The summed E-state index contributed by atoms with van der Waals surface area (Å²) < 4.78 is 11.1. The van der Waals surface area contributed by atoms with Gasteiger partial charge in [-0.2, -0.15) is 0 Å². The van der Waals surface area contributed by atoms with Gasteiger partial charge in [-0.15, -0.1) is 6.58 Å². The number of fused-ring (bicyclic) bond motifs is 4. The van der Waals surface area contributed by atoms with Crippen LogP contribution in [-0.4, -0.2) is 34.9 Å². The zero-order valence-corrected chi connectivity index (χ0v) is 19.5. The summed E-state index contributed by atoms with van der Waals surface area (Å²) in [5.74, 6) is -1.38. The lowest BCUT2D eigenvalue weighted by atomic mass is 9.96. The van der Waals surface area contributed by atoms with Crippen LogP contribution in [0.1, 0.15) is 39.9 Å². The van der Waals surface area contributed by atoms with E-state index < -0.39 is 17.3 Å². The number of benzene rings is 2. The molecule has 2 aliphatic heterocycles. The first-order valence-corrected chi connectivity index (χ1v) is 11.3. The molecule has 2 aromatic carbocycles. The van der Waals surface area contributed by atoms with Gasteiger partial charge in [0.1, 0.15) is 12.2 Å². The summed E-state index contributed by atoms with van der Waals surface area (Å²) >= 11 is 0. The van der Waals surface area contributed by atoms with Gasteiger partial charge < -0.3 is 14.1 Å². The van der Waals surface area contributed by atoms with Crippen molar-refractivity contribution in [1.82, 2.24) is 4.90 Å². The second-order valence-corrected chi connectivity index (χ2v) is 8.87. The van der Waals surface area contributed by atoms with Crippen molar-refractivity contribution in [3.63, 3.8) is 0 Å². The minimum absolute atomic E-state index is 0.0579. The van der Waals surface area contributed by atoms with Crippen molar-refractivity contribution < 1.29 is 23.5 Å². The predicted molar refractivity (Wildman–Crippen MR) is 129 cm³/mol. The van der Waals surface area contributed by atoms with Gasteiger partial charge in [-0.25, -0.2) is 9.59 Å². The highest BCUT2D eigenvalue weighted by Crippen LogP contribution is 2.45. The minimum atomic E-state index is -1.63. The number of para-hydroxylation sites is 1. The topological polar surface area (TPSA) is 97.1 Å². The molecule has 1 fully saturated rings. The highest BCUT2D eigenvalue weighted by Gasteiger charge is 2.61. The lowest BCUT2D eigenvalue weighted by Gasteiger charge is -2.48. The SMILES string of the molecule is C=CCN1C(=O)c2ccccc2N2C(=O)CC[C@@]12C(=O)OCc1cc(=O)oc2cc(C)c(C)cc12. The molecule has 0 spiro atoms. The molecule has 1 saturated heterocycles. The molecule has 8 heteroatoms. The fraction of sp³-hybridized carbons (Fsp3) is 0.259. The first-order chi connectivity index (χ1) is 16.8. The van der Waals surface area contributed by atoms with E-state index in [2.05, 4.69) is 6.58 Å². The number of ether oxygens (including phenoxy) is 1. The van der Waals surface area contributed by atoms with E-state index in [4.69, 9.17) is 9.15 Å². The zero-order chi connectivity index (χ0) is 24.9. The molecule has 5 rings (SSSR count). The van der Waals surface area contributed by atoms with E-state index in [0.717, 1.165) is 11.1 Å². The van der Waals surface area contributed by atoms with E-state index >= 15 is 0 Å². The van der Waals surface area contributed by atoms with Gasteiger partial charge >= 0.3 is 11.6 Å². The molecular formula is C27H24N2O6. The van der Waals surface area contributed by atoms with E-state index in [1.807, 2.05) is 19.9 Å². The number of carbonyl (C=O) groups is 3. The van der Waals surface area contributed by atoms with Gasteiger partial charge in [0.15, 0.2) is 0 Å². The Balaban J connectivity index is 1.56. The highest BCUT2D eigenvalue weighted by atomic mass is 16.5. The van der Waals surface area contributed by atoms with Gasteiger partial charge in [0, 0.05) is 36.4 Å². The van der Waals surface area contributed by atoms with Crippen LogP contribution in [0.2, 0.25) is 0 Å². The van der Waals surface area contributed by atoms with Crippen molar-refractivity contribution in [3.05, 3.63) is 87.8 Å². The van der Waals surface area contributed by atoms with Gasteiger partial charge in [0.25, 0.3) is 5.91 Å². The van der Waals surface area contributed by atoms with Crippen molar-refractivity contribution in [3.8, 4) is 0 Å². The fourth-order valence-electron chi connectivity index (χ4n) is 4.99. The van der Waals surface area contributed by atoms with Crippen LogP contribution >= 0.6 is 0 Å². The molecule has 3 heterocycles. The summed E-state index contributed by atoms with van der Waals surface area (Å²) in [5.41, 5.74) is 1.39. The molecular weight excluding hydrogens is 448 g/mol. The maximum Gasteiger partial charge on any atom is 0.354 e. The van der Waals surface area contributed by atoms with Crippen LogP contribution in [-0.2, 0) is 20.9 Å². The van der Waals surface area contributed by atoms with E-state index in [-0.39, 0.29) is 37.8 Å². The first kappa shape index (κ1) is 22.6. The second-order valence-electron chi connectivity index (χ2n) is 8.87. The minimum Gasteiger partial charge on any atom is -0.458 e. The summed E-state index contributed by atoms with van der Waals surface area (Å²) in [5, 5.41) is 0.658. The van der Waals surface area contributed by atoms with Crippen molar-refractivity contribution >= 4 is 34.4 Å². The Kier molecular flexibility index (Phi) is 5.31. The molecule has 2 aliphatic rings. The van der Waals surface area contributed by atoms with Crippen LogP contribution in [0.25, 0.3) is 11.0 Å².